The molecule has 3 nitrogen and oxygen atoms in total. The predicted molar refractivity (Wildman–Crippen MR) is 70.4 cm³/mol. The van der Waals surface area contributed by atoms with E-state index >= 15 is 0 Å². The van der Waals surface area contributed by atoms with Crippen LogP contribution in [0.2, 0.25) is 0 Å². The molecule has 96 valence electrons. The maximum absolute atomic E-state index is 9.84. The molecule has 0 fully saturated rings. The highest BCUT2D eigenvalue weighted by atomic mass is 16.5. The molecule has 0 aromatic heterocycles. The van der Waals surface area contributed by atoms with Gasteiger partial charge < -0.3 is 15.2 Å². The number of phenolic OH excluding ortho intramolecular Hbond substituents is 1. The molecular formula is C14H23NO2. The van der Waals surface area contributed by atoms with Gasteiger partial charge in [0.25, 0.3) is 0 Å². The van der Waals surface area contributed by atoms with Crippen LogP contribution in [0, 0.1) is 6.92 Å². The van der Waals surface area contributed by atoms with Crippen molar-refractivity contribution in [2.75, 3.05) is 19.8 Å². The van der Waals surface area contributed by atoms with Gasteiger partial charge in [-0.2, -0.15) is 0 Å². The Morgan fingerprint density at radius 1 is 1.41 bits per heavy atom. The van der Waals surface area contributed by atoms with Crippen molar-refractivity contribution in [3.63, 3.8) is 0 Å². The maximum atomic E-state index is 9.84. The van der Waals surface area contributed by atoms with E-state index in [-0.39, 0.29) is 6.04 Å². The lowest BCUT2D eigenvalue weighted by Gasteiger charge is -2.16. The van der Waals surface area contributed by atoms with Gasteiger partial charge >= 0.3 is 0 Å². The van der Waals surface area contributed by atoms with Crippen molar-refractivity contribution in [3.05, 3.63) is 29.3 Å². The quantitative estimate of drug-likeness (QED) is 0.716. The van der Waals surface area contributed by atoms with Gasteiger partial charge in [-0.15, -0.1) is 0 Å². The van der Waals surface area contributed by atoms with Crippen LogP contribution in [-0.4, -0.2) is 24.9 Å². The molecule has 17 heavy (non-hydrogen) atoms. The summed E-state index contributed by atoms with van der Waals surface area (Å²) in [6, 6.07) is 5.96. The number of aromatic hydroxyl groups is 1. The molecule has 1 unspecified atom stereocenters. The zero-order valence-corrected chi connectivity index (χ0v) is 11.0. The molecule has 1 rings (SSSR count). The molecule has 0 aliphatic heterocycles. The van der Waals surface area contributed by atoms with E-state index in [2.05, 4.69) is 12.2 Å². The van der Waals surface area contributed by atoms with Gasteiger partial charge in [-0.25, -0.2) is 0 Å². The molecule has 0 saturated heterocycles. The molecule has 0 heterocycles. The van der Waals surface area contributed by atoms with E-state index in [0.29, 0.717) is 5.75 Å². The van der Waals surface area contributed by atoms with Crippen molar-refractivity contribution in [2.24, 2.45) is 0 Å². The summed E-state index contributed by atoms with van der Waals surface area (Å²) in [7, 11) is 0. The van der Waals surface area contributed by atoms with Crippen LogP contribution in [0.3, 0.4) is 0 Å². The van der Waals surface area contributed by atoms with Crippen LogP contribution >= 0.6 is 0 Å². The summed E-state index contributed by atoms with van der Waals surface area (Å²) < 4.78 is 5.27. The standard InChI is InChI=1S/C14H23NO2/c1-4-17-9-5-8-15-12(3)13-7-6-11(2)10-14(13)16/h6-7,10,12,15-16H,4-5,8-9H2,1-3H3. The third-order valence-electron chi connectivity index (χ3n) is 2.77. The fourth-order valence-corrected chi connectivity index (χ4v) is 1.77. The molecule has 1 atom stereocenters. The molecule has 0 spiro atoms. The van der Waals surface area contributed by atoms with E-state index in [4.69, 9.17) is 4.74 Å². The highest BCUT2D eigenvalue weighted by molar-refractivity contribution is 5.37. The first kappa shape index (κ1) is 14.0. The minimum atomic E-state index is 0.164. The fourth-order valence-electron chi connectivity index (χ4n) is 1.77. The molecule has 3 heteroatoms. The van der Waals surface area contributed by atoms with Crippen LogP contribution < -0.4 is 5.32 Å². The van der Waals surface area contributed by atoms with E-state index in [1.807, 2.05) is 26.0 Å². The van der Waals surface area contributed by atoms with Crippen LogP contribution in [-0.2, 0) is 4.74 Å². The van der Waals surface area contributed by atoms with Crippen molar-refractivity contribution < 1.29 is 9.84 Å². The van der Waals surface area contributed by atoms with Crippen LogP contribution in [0.15, 0.2) is 18.2 Å². The van der Waals surface area contributed by atoms with Crippen LogP contribution in [0.1, 0.15) is 37.4 Å². The van der Waals surface area contributed by atoms with Gasteiger partial charge in [0.1, 0.15) is 5.75 Å². The van der Waals surface area contributed by atoms with Gasteiger partial charge in [-0.05, 0) is 45.4 Å². The Bertz CT molecular complexity index is 339. The Hall–Kier alpha value is -1.06. The Labute approximate surface area is 104 Å². The minimum Gasteiger partial charge on any atom is -0.508 e. The highest BCUT2D eigenvalue weighted by Crippen LogP contribution is 2.24. The number of ether oxygens (including phenoxy) is 1. The first-order valence-corrected chi connectivity index (χ1v) is 6.25. The number of hydrogen-bond donors (Lipinski definition) is 2. The van der Waals surface area contributed by atoms with E-state index in [9.17, 15) is 5.11 Å². The molecule has 0 radical (unpaired) electrons. The first-order chi connectivity index (χ1) is 8.15. The third kappa shape index (κ3) is 4.75. The molecule has 0 aliphatic carbocycles. The van der Waals surface area contributed by atoms with Gasteiger partial charge in [0, 0.05) is 24.8 Å². The maximum Gasteiger partial charge on any atom is 0.120 e. The number of benzene rings is 1. The largest absolute Gasteiger partial charge is 0.508 e. The molecule has 1 aromatic carbocycles. The summed E-state index contributed by atoms with van der Waals surface area (Å²) in [6.45, 7) is 8.49. The first-order valence-electron chi connectivity index (χ1n) is 6.25. The van der Waals surface area contributed by atoms with Crippen molar-refractivity contribution in [2.45, 2.75) is 33.2 Å². The lowest BCUT2D eigenvalue weighted by atomic mass is 10.1. The Kier molecular flexibility index (Phi) is 6.01. The van der Waals surface area contributed by atoms with E-state index < -0.39 is 0 Å². The second-order valence-electron chi connectivity index (χ2n) is 4.29. The molecule has 0 amide bonds. The molecule has 0 bridgehead atoms. The lowest BCUT2D eigenvalue weighted by molar-refractivity contribution is 0.144. The average Bonchev–Trinajstić information content (AvgIpc) is 2.28. The Balaban J connectivity index is 2.38. The van der Waals surface area contributed by atoms with E-state index in [0.717, 1.165) is 37.3 Å². The van der Waals surface area contributed by atoms with Crippen LogP contribution in [0.5, 0.6) is 5.75 Å². The normalized spacial score (nSPS) is 12.6. The third-order valence-corrected chi connectivity index (χ3v) is 2.77. The summed E-state index contributed by atoms with van der Waals surface area (Å²) in [6.07, 6.45) is 0.991. The minimum absolute atomic E-state index is 0.164. The second kappa shape index (κ2) is 7.30. The van der Waals surface area contributed by atoms with Crippen LogP contribution in [0.4, 0.5) is 0 Å². The molecular weight excluding hydrogens is 214 g/mol. The molecule has 1 aromatic rings. The van der Waals surface area contributed by atoms with Crippen molar-refractivity contribution in [1.29, 1.82) is 0 Å². The van der Waals surface area contributed by atoms with Crippen LogP contribution in [0.25, 0.3) is 0 Å². The average molecular weight is 237 g/mol. The summed E-state index contributed by atoms with van der Waals surface area (Å²) in [5.41, 5.74) is 2.03. The van der Waals surface area contributed by atoms with Gasteiger partial charge in [-0.3, -0.25) is 0 Å². The van der Waals surface area contributed by atoms with E-state index in [1.54, 1.807) is 6.07 Å². The summed E-state index contributed by atoms with van der Waals surface area (Å²) >= 11 is 0. The van der Waals surface area contributed by atoms with Gasteiger partial charge in [-0.1, -0.05) is 12.1 Å². The number of aryl methyl sites for hydroxylation is 1. The van der Waals surface area contributed by atoms with Gasteiger partial charge in [0.2, 0.25) is 0 Å². The zero-order valence-electron chi connectivity index (χ0n) is 11.0. The monoisotopic (exact) mass is 237 g/mol. The number of phenols is 1. The summed E-state index contributed by atoms with van der Waals surface area (Å²) in [4.78, 5) is 0. The number of rotatable bonds is 7. The van der Waals surface area contributed by atoms with Crippen molar-refractivity contribution in [3.8, 4) is 5.75 Å². The predicted octanol–water partition coefficient (Wildman–Crippen LogP) is 2.78. The highest BCUT2D eigenvalue weighted by Gasteiger charge is 2.09. The summed E-state index contributed by atoms with van der Waals surface area (Å²) in [5, 5.41) is 13.2. The Morgan fingerprint density at radius 2 is 2.18 bits per heavy atom. The number of nitrogens with one attached hydrogen (secondary N) is 1. The number of hydrogen-bond acceptors (Lipinski definition) is 3. The summed E-state index contributed by atoms with van der Waals surface area (Å²) in [5.74, 6) is 0.370. The second-order valence-corrected chi connectivity index (χ2v) is 4.29. The zero-order chi connectivity index (χ0) is 12.7. The molecule has 0 aliphatic rings. The van der Waals surface area contributed by atoms with Crippen molar-refractivity contribution in [1.82, 2.24) is 5.32 Å². The Morgan fingerprint density at radius 3 is 2.82 bits per heavy atom. The van der Waals surface area contributed by atoms with Gasteiger partial charge in [0.05, 0.1) is 0 Å². The molecule has 2 N–H and O–H groups in total. The SMILES string of the molecule is CCOCCCNC(C)c1ccc(C)cc1O. The smallest absolute Gasteiger partial charge is 0.120 e. The van der Waals surface area contributed by atoms with Gasteiger partial charge in [0.15, 0.2) is 0 Å². The lowest BCUT2D eigenvalue weighted by Crippen LogP contribution is -2.21. The van der Waals surface area contributed by atoms with Crippen molar-refractivity contribution >= 4 is 0 Å². The van der Waals surface area contributed by atoms with E-state index in [1.165, 1.54) is 0 Å². The molecule has 0 saturated carbocycles. The fraction of sp³-hybridized carbons (Fsp3) is 0.571. The topological polar surface area (TPSA) is 41.5 Å².